The third-order valence-corrected chi connectivity index (χ3v) is 7.44. The number of benzene rings is 2. The number of carbonyl (C=O) groups excluding carboxylic acids is 2. The van der Waals surface area contributed by atoms with E-state index < -0.39 is 26.6 Å². The summed E-state index contributed by atoms with van der Waals surface area (Å²) >= 11 is 12.2. The number of carbonyl (C=O) groups is 2. The zero-order chi connectivity index (χ0) is 23.9. The summed E-state index contributed by atoms with van der Waals surface area (Å²) in [6.45, 7) is 0.349. The molecule has 0 aliphatic carbocycles. The van der Waals surface area contributed by atoms with Crippen molar-refractivity contribution in [2.45, 2.75) is 23.8 Å². The lowest BCUT2D eigenvalue weighted by atomic mass is 10.1. The highest BCUT2D eigenvalue weighted by Gasteiger charge is 2.26. The van der Waals surface area contributed by atoms with Crippen LogP contribution in [0.1, 0.15) is 23.2 Å². The van der Waals surface area contributed by atoms with Gasteiger partial charge in [0.2, 0.25) is 5.91 Å². The van der Waals surface area contributed by atoms with E-state index in [1.807, 2.05) is 0 Å². The number of halogens is 3. The summed E-state index contributed by atoms with van der Waals surface area (Å²) in [7, 11) is -2.69. The summed E-state index contributed by atoms with van der Waals surface area (Å²) in [5, 5.41) is 3.82. The second kappa shape index (κ2) is 8.85. The van der Waals surface area contributed by atoms with Crippen LogP contribution in [0.25, 0.3) is 10.9 Å². The van der Waals surface area contributed by atoms with Crippen molar-refractivity contribution in [1.29, 1.82) is 0 Å². The Morgan fingerprint density at radius 2 is 1.97 bits per heavy atom. The first kappa shape index (κ1) is 23.3. The van der Waals surface area contributed by atoms with E-state index in [0.717, 1.165) is 12.1 Å². The molecule has 0 saturated carbocycles. The number of likely N-dealkylation sites (tertiary alicyclic amines) is 1. The summed E-state index contributed by atoms with van der Waals surface area (Å²) < 4.78 is 42.8. The van der Waals surface area contributed by atoms with Gasteiger partial charge < -0.3 is 15.2 Å². The Morgan fingerprint density at radius 3 is 2.67 bits per heavy atom. The van der Waals surface area contributed by atoms with Gasteiger partial charge in [0.15, 0.2) is 0 Å². The van der Waals surface area contributed by atoms with Crippen molar-refractivity contribution >= 4 is 61.6 Å². The number of nitrogens with one attached hydrogen (secondary N) is 3. The fourth-order valence-corrected chi connectivity index (χ4v) is 5.40. The van der Waals surface area contributed by atoms with Crippen LogP contribution in [0.2, 0.25) is 10.0 Å². The minimum Gasteiger partial charge on any atom is -0.358 e. The van der Waals surface area contributed by atoms with Gasteiger partial charge in [-0.1, -0.05) is 23.2 Å². The predicted molar refractivity (Wildman–Crippen MR) is 124 cm³/mol. The molecule has 174 valence electrons. The van der Waals surface area contributed by atoms with Gasteiger partial charge in [-0.05, 0) is 36.8 Å². The second-order valence-corrected chi connectivity index (χ2v) is 10.2. The molecule has 1 aromatic heterocycles. The molecule has 33 heavy (non-hydrogen) atoms. The molecular weight excluding hydrogens is 494 g/mol. The maximum absolute atomic E-state index is 14.8. The van der Waals surface area contributed by atoms with Crippen LogP contribution >= 0.6 is 23.2 Å². The van der Waals surface area contributed by atoms with E-state index >= 15 is 0 Å². The lowest BCUT2D eigenvalue weighted by Crippen LogP contribution is -2.48. The largest absolute Gasteiger partial charge is 0.358 e. The Kier molecular flexibility index (Phi) is 6.26. The molecule has 2 aromatic carbocycles. The summed E-state index contributed by atoms with van der Waals surface area (Å²) in [6.07, 6.45) is 2.25. The summed E-state index contributed by atoms with van der Waals surface area (Å²) in [5.74, 6) is -1.65. The minimum absolute atomic E-state index is 0.00631. The lowest BCUT2D eigenvalue weighted by molar-refractivity contribution is -0.132. The van der Waals surface area contributed by atoms with Crippen molar-refractivity contribution < 1.29 is 22.4 Å². The zero-order valence-corrected chi connectivity index (χ0v) is 19.6. The van der Waals surface area contributed by atoms with Gasteiger partial charge in [-0.15, -0.1) is 0 Å². The Bertz CT molecular complexity index is 1380. The van der Waals surface area contributed by atoms with Crippen molar-refractivity contribution in [3.05, 3.63) is 58.0 Å². The number of sulfonamides is 1. The van der Waals surface area contributed by atoms with Crippen LogP contribution in [-0.2, 0) is 14.8 Å². The van der Waals surface area contributed by atoms with Gasteiger partial charge >= 0.3 is 0 Å². The number of likely N-dealkylation sites (N-methyl/N-ethyl adjacent to an activating group) is 1. The van der Waals surface area contributed by atoms with E-state index in [1.165, 1.54) is 29.3 Å². The van der Waals surface area contributed by atoms with Gasteiger partial charge in [0, 0.05) is 43.2 Å². The monoisotopic (exact) mass is 512 g/mol. The van der Waals surface area contributed by atoms with Gasteiger partial charge in [0.25, 0.3) is 15.9 Å². The van der Waals surface area contributed by atoms with E-state index in [0.29, 0.717) is 40.3 Å². The number of H-pyrrole nitrogens is 1. The molecule has 1 atom stereocenters. The fraction of sp³-hybridized carbons (Fsp3) is 0.238. The molecule has 4 rings (SSSR count). The van der Waals surface area contributed by atoms with Crippen LogP contribution < -0.4 is 10.0 Å². The summed E-state index contributed by atoms with van der Waals surface area (Å²) in [5.41, 5.74) is 0.456. The highest BCUT2D eigenvalue weighted by molar-refractivity contribution is 7.92. The molecule has 1 saturated heterocycles. The molecule has 0 bridgehead atoms. The standard InChI is InChI=1S/C21H19Cl2FN4O4S/c1-28-10-12(3-7-18(28)29)26-21(30)11-2-6-17(15(24)8-11)33(31,32)27-16-5-4-13(22)19-14(23)9-25-20(16)19/h2,4-6,8-9,12,25,27H,3,7,10H2,1H3,(H,26,30)/t12-/m0/s1. The zero-order valence-electron chi connectivity index (χ0n) is 17.3. The van der Waals surface area contributed by atoms with E-state index in [9.17, 15) is 22.4 Å². The molecule has 0 spiro atoms. The quantitative estimate of drug-likeness (QED) is 0.483. The van der Waals surface area contributed by atoms with Crippen molar-refractivity contribution in [2.24, 2.45) is 0 Å². The van der Waals surface area contributed by atoms with Gasteiger partial charge in [-0.25, -0.2) is 12.8 Å². The van der Waals surface area contributed by atoms with E-state index in [-0.39, 0.29) is 23.2 Å². The van der Waals surface area contributed by atoms with E-state index in [4.69, 9.17) is 23.2 Å². The van der Waals surface area contributed by atoms with Crippen molar-refractivity contribution in [1.82, 2.24) is 15.2 Å². The SMILES string of the molecule is CN1C[C@@H](NC(=O)c2ccc(S(=O)(=O)Nc3ccc(Cl)c4c(Cl)c[nH]c34)c(F)c2)CCC1=O. The lowest BCUT2D eigenvalue weighted by Gasteiger charge is -2.30. The molecule has 12 heteroatoms. The third kappa shape index (κ3) is 4.64. The van der Waals surface area contributed by atoms with Crippen molar-refractivity contribution in [2.75, 3.05) is 18.3 Å². The molecule has 2 heterocycles. The number of nitrogens with zero attached hydrogens (tertiary/aromatic N) is 1. The topological polar surface area (TPSA) is 111 Å². The van der Waals surface area contributed by atoms with E-state index in [1.54, 1.807) is 7.05 Å². The molecule has 3 N–H and O–H groups in total. The van der Waals surface area contributed by atoms with Gasteiger partial charge in [0.05, 0.1) is 21.2 Å². The minimum atomic E-state index is -4.33. The molecule has 0 radical (unpaired) electrons. The molecule has 2 amide bonds. The van der Waals surface area contributed by atoms with Gasteiger partial charge in [0.1, 0.15) is 10.7 Å². The van der Waals surface area contributed by atoms with Crippen LogP contribution in [0.15, 0.2) is 41.4 Å². The van der Waals surface area contributed by atoms with Crippen molar-refractivity contribution in [3.8, 4) is 0 Å². The summed E-state index contributed by atoms with van der Waals surface area (Å²) in [6, 6.07) is 5.76. The van der Waals surface area contributed by atoms with Crippen LogP contribution in [0, 0.1) is 5.82 Å². The third-order valence-electron chi connectivity index (χ3n) is 5.43. The molecule has 3 aromatic rings. The number of aromatic nitrogens is 1. The maximum atomic E-state index is 14.8. The average molecular weight is 513 g/mol. The number of piperidine rings is 1. The first-order valence-corrected chi connectivity index (χ1v) is 12.1. The van der Waals surface area contributed by atoms with Gasteiger partial charge in [-0.2, -0.15) is 0 Å². The molecule has 0 unspecified atom stereocenters. The number of hydrogen-bond acceptors (Lipinski definition) is 4. The van der Waals surface area contributed by atoms with Crippen LogP contribution in [0.5, 0.6) is 0 Å². The van der Waals surface area contributed by atoms with Crippen molar-refractivity contribution in [3.63, 3.8) is 0 Å². The Balaban J connectivity index is 1.54. The van der Waals surface area contributed by atoms with Crippen LogP contribution in [-0.4, -0.2) is 49.8 Å². The summed E-state index contributed by atoms with van der Waals surface area (Å²) in [4.78, 5) is 27.8. The fourth-order valence-electron chi connectivity index (χ4n) is 3.71. The number of rotatable bonds is 5. The number of amides is 2. The number of aromatic amines is 1. The predicted octanol–water partition coefficient (Wildman–Crippen LogP) is 3.77. The smallest absolute Gasteiger partial charge is 0.264 e. The molecule has 1 fully saturated rings. The number of fused-ring (bicyclic) bond motifs is 1. The molecule has 1 aliphatic heterocycles. The Labute approximate surface area is 199 Å². The number of anilines is 1. The second-order valence-electron chi connectivity index (χ2n) is 7.72. The molecular formula is C21H19Cl2FN4O4S. The van der Waals surface area contributed by atoms with Crippen LogP contribution in [0.4, 0.5) is 10.1 Å². The van der Waals surface area contributed by atoms with Gasteiger partial charge in [-0.3, -0.25) is 14.3 Å². The number of hydrogen-bond donors (Lipinski definition) is 3. The first-order valence-electron chi connectivity index (χ1n) is 9.89. The molecule has 1 aliphatic rings. The first-order chi connectivity index (χ1) is 15.6. The Morgan fingerprint density at radius 1 is 1.21 bits per heavy atom. The Hall–Kier alpha value is -2.82. The average Bonchev–Trinajstić information content (AvgIpc) is 3.15. The molecule has 8 nitrogen and oxygen atoms in total. The normalized spacial score (nSPS) is 16.8. The van der Waals surface area contributed by atoms with E-state index in [2.05, 4.69) is 15.0 Å². The van der Waals surface area contributed by atoms with Crippen LogP contribution in [0.3, 0.4) is 0 Å². The highest BCUT2D eigenvalue weighted by atomic mass is 35.5. The maximum Gasteiger partial charge on any atom is 0.264 e. The highest BCUT2D eigenvalue weighted by Crippen LogP contribution is 2.35.